The van der Waals surface area contributed by atoms with Crippen LogP contribution in [-0.4, -0.2) is 11.1 Å². The van der Waals surface area contributed by atoms with Crippen LogP contribution in [0.2, 0.25) is 10.0 Å². The highest BCUT2D eigenvalue weighted by molar-refractivity contribution is 6.34. The molecule has 0 aliphatic heterocycles. The van der Waals surface area contributed by atoms with Crippen molar-refractivity contribution in [2.75, 3.05) is 0 Å². The van der Waals surface area contributed by atoms with Crippen LogP contribution in [0.5, 0.6) is 0 Å². The monoisotopic (exact) mass is 288 g/mol. The van der Waals surface area contributed by atoms with Crippen LogP contribution in [-0.2, 0) is 12.8 Å². The van der Waals surface area contributed by atoms with E-state index in [1.807, 2.05) is 39.8 Å². The predicted octanol–water partition coefficient (Wildman–Crippen LogP) is 3.55. The predicted molar refractivity (Wildman–Crippen MR) is 80.4 cm³/mol. The average molecular weight is 289 g/mol. The van der Waals surface area contributed by atoms with Crippen molar-refractivity contribution in [3.63, 3.8) is 0 Å². The first kappa shape index (κ1) is 15.8. The lowest BCUT2D eigenvalue weighted by Crippen LogP contribution is -2.35. The van der Waals surface area contributed by atoms with Crippen LogP contribution < -0.4 is 11.5 Å². The van der Waals surface area contributed by atoms with E-state index in [1.165, 1.54) is 0 Å². The van der Waals surface area contributed by atoms with Gasteiger partial charge in [-0.1, -0.05) is 23.2 Å². The first-order valence-corrected chi connectivity index (χ1v) is 6.78. The summed E-state index contributed by atoms with van der Waals surface area (Å²) in [6.07, 6.45) is 1.38. The molecule has 0 aliphatic rings. The molecule has 102 valence electrons. The van der Waals surface area contributed by atoms with Gasteiger partial charge in [-0.15, -0.1) is 0 Å². The number of nitrogens with two attached hydrogens (primary N) is 2. The standard InChI is InChI=1S/C14H22Cl2N2/c1-13(2,17)7-9-5-12(16)10(6-11(9)15)8-14(3,4)18/h5-6H,7-8,17-18H2,1-4H3. The molecular weight excluding hydrogens is 267 g/mol. The zero-order valence-corrected chi connectivity index (χ0v) is 13.0. The molecule has 0 heterocycles. The largest absolute Gasteiger partial charge is 0.325 e. The van der Waals surface area contributed by atoms with Gasteiger partial charge in [-0.05, 0) is 63.8 Å². The molecule has 0 spiro atoms. The molecule has 0 aliphatic carbocycles. The molecule has 0 aromatic heterocycles. The van der Waals surface area contributed by atoms with Gasteiger partial charge in [0.15, 0.2) is 0 Å². The van der Waals surface area contributed by atoms with Crippen molar-refractivity contribution in [2.45, 2.75) is 51.6 Å². The maximum absolute atomic E-state index is 6.28. The molecule has 0 saturated heterocycles. The number of benzene rings is 1. The third kappa shape index (κ3) is 5.15. The SMILES string of the molecule is CC(C)(N)Cc1cc(Cl)c(CC(C)(C)N)cc1Cl. The lowest BCUT2D eigenvalue weighted by atomic mass is 9.92. The van der Waals surface area contributed by atoms with E-state index in [0.29, 0.717) is 22.9 Å². The molecule has 0 saturated carbocycles. The van der Waals surface area contributed by atoms with Crippen LogP contribution in [0, 0.1) is 0 Å². The van der Waals surface area contributed by atoms with E-state index in [-0.39, 0.29) is 11.1 Å². The summed E-state index contributed by atoms with van der Waals surface area (Å²) in [6.45, 7) is 7.87. The molecule has 0 fully saturated rings. The van der Waals surface area contributed by atoms with Crippen molar-refractivity contribution in [1.82, 2.24) is 0 Å². The Bertz CT molecular complexity index is 387. The highest BCUT2D eigenvalue weighted by Crippen LogP contribution is 2.29. The Labute approximate surface area is 120 Å². The number of rotatable bonds is 4. The summed E-state index contributed by atoms with van der Waals surface area (Å²) < 4.78 is 0. The molecule has 0 radical (unpaired) electrons. The van der Waals surface area contributed by atoms with Crippen molar-refractivity contribution in [3.8, 4) is 0 Å². The van der Waals surface area contributed by atoms with E-state index in [2.05, 4.69) is 0 Å². The Morgan fingerprint density at radius 2 is 1.11 bits per heavy atom. The van der Waals surface area contributed by atoms with Crippen LogP contribution >= 0.6 is 23.2 Å². The Kier molecular flexibility index (Phi) is 4.71. The quantitative estimate of drug-likeness (QED) is 0.890. The molecule has 0 bridgehead atoms. The lowest BCUT2D eigenvalue weighted by Gasteiger charge is -2.22. The molecule has 1 aromatic rings. The maximum Gasteiger partial charge on any atom is 0.0442 e. The fourth-order valence-electron chi connectivity index (χ4n) is 1.88. The first-order valence-electron chi connectivity index (χ1n) is 6.02. The Morgan fingerprint density at radius 3 is 1.33 bits per heavy atom. The minimum absolute atomic E-state index is 0.304. The summed E-state index contributed by atoms with van der Waals surface area (Å²) in [5.41, 5.74) is 13.4. The number of halogens is 2. The maximum atomic E-state index is 6.28. The molecule has 4 N–H and O–H groups in total. The van der Waals surface area contributed by atoms with Crippen LogP contribution in [0.25, 0.3) is 0 Å². The van der Waals surface area contributed by atoms with Crippen LogP contribution in [0.1, 0.15) is 38.8 Å². The van der Waals surface area contributed by atoms with E-state index in [0.717, 1.165) is 11.1 Å². The molecule has 1 aromatic carbocycles. The van der Waals surface area contributed by atoms with E-state index in [1.54, 1.807) is 0 Å². The third-order valence-electron chi connectivity index (χ3n) is 2.51. The van der Waals surface area contributed by atoms with Gasteiger partial charge in [0.2, 0.25) is 0 Å². The van der Waals surface area contributed by atoms with Gasteiger partial charge in [0, 0.05) is 21.1 Å². The molecule has 4 heteroatoms. The summed E-state index contributed by atoms with van der Waals surface area (Å²) in [4.78, 5) is 0. The van der Waals surface area contributed by atoms with Crippen LogP contribution in [0.15, 0.2) is 12.1 Å². The van der Waals surface area contributed by atoms with E-state index in [9.17, 15) is 0 Å². The number of hydrogen-bond acceptors (Lipinski definition) is 2. The van der Waals surface area contributed by atoms with Gasteiger partial charge in [-0.2, -0.15) is 0 Å². The topological polar surface area (TPSA) is 52.0 Å². The highest BCUT2D eigenvalue weighted by atomic mass is 35.5. The van der Waals surface area contributed by atoms with Crippen LogP contribution in [0.4, 0.5) is 0 Å². The molecule has 0 amide bonds. The Balaban J connectivity index is 3.05. The van der Waals surface area contributed by atoms with Crippen LogP contribution in [0.3, 0.4) is 0 Å². The summed E-state index contributed by atoms with van der Waals surface area (Å²) in [5.74, 6) is 0. The number of hydrogen-bond donors (Lipinski definition) is 2. The fraction of sp³-hybridized carbons (Fsp3) is 0.571. The average Bonchev–Trinajstić information content (AvgIpc) is 2.08. The Hall–Kier alpha value is -0.280. The lowest BCUT2D eigenvalue weighted by molar-refractivity contribution is 0.512. The summed E-state index contributed by atoms with van der Waals surface area (Å²) in [7, 11) is 0. The third-order valence-corrected chi connectivity index (χ3v) is 3.21. The van der Waals surface area contributed by atoms with E-state index in [4.69, 9.17) is 34.7 Å². The van der Waals surface area contributed by atoms with Crippen molar-refractivity contribution in [2.24, 2.45) is 11.5 Å². The summed E-state index contributed by atoms with van der Waals surface area (Å²) >= 11 is 12.6. The molecule has 2 nitrogen and oxygen atoms in total. The minimum atomic E-state index is -0.304. The van der Waals surface area contributed by atoms with Gasteiger partial charge >= 0.3 is 0 Å². The van der Waals surface area contributed by atoms with Gasteiger partial charge in [-0.3, -0.25) is 0 Å². The summed E-state index contributed by atoms with van der Waals surface area (Å²) in [5, 5.41) is 1.41. The Morgan fingerprint density at radius 1 is 0.833 bits per heavy atom. The minimum Gasteiger partial charge on any atom is -0.325 e. The molecule has 1 rings (SSSR count). The zero-order chi connectivity index (χ0) is 14.1. The van der Waals surface area contributed by atoms with E-state index < -0.39 is 0 Å². The second-order valence-corrected chi connectivity index (χ2v) is 7.18. The van der Waals surface area contributed by atoms with Crippen molar-refractivity contribution >= 4 is 23.2 Å². The van der Waals surface area contributed by atoms with Gasteiger partial charge < -0.3 is 11.5 Å². The molecule has 0 atom stereocenters. The normalized spacial score (nSPS) is 12.9. The van der Waals surface area contributed by atoms with Gasteiger partial charge in [0.25, 0.3) is 0 Å². The van der Waals surface area contributed by atoms with Crippen molar-refractivity contribution in [1.29, 1.82) is 0 Å². The first-order chi connectivity index (χ1) is 7.98. The van der Waals surface area contributed by atoms with Crippen molar-refractivity contribution < 1.29 is 0 Å². The smallest absolute Gasteiger partial charge is 0.0442 e. The molecule has 18 heavy (non-hydrogen) atoms. The molecule has 0 unspecified atom stereocenters. The highest BCUT2D eigenvalue weighted by Gasteiger charge is 2.18. The van der Waals surface area contributed by atoms with Crippen molar-refractivity contribution in [3.05, 3.63) is 33.3 Å². The second-order valence-electron chi connectivity index (χ2n) is 6.37. The van der Waals surface area contributed by atoms with E-state index >= 15 is 0 Å². The fourth-order valence-corrected chi connectivity index (χ4v) is 2.39. The zero-order valence-electron chi connectivity index (χ0n) is 11.5. The van der Waals surface area contributed by atoms with Gasteiger partial charge in [-0.25, -0.2) is 0 Å². The van der Waals surface area contributed by atoms with Gasteiger partial charge in [0.1, 0.15) is 0 Å². The summed E-state index contributed by atoms with van der Waals surface area (Å²) in [6, 6.07) is 3.80. The molecular formula is C14H22Cl2N2. The second kappa shape index (κ2) is 5.38. The van der Waals surface area contributed by atoms with Gasteiger partial charge in [0.05, 0.1) is 0 Å².